The molecule has 0 heterocycles. The molecule has 0 aliphatic heterocycles. The van der Waals surface area contributed by atoms with Crippen LogP contribution in [0.4, 0.5) is 11.4 Å². The number of hydrogen-bond acceptors (Lipinski definition) is 4. The predicted octanol–water partition coefficient (Wildman–Crippen LogP) is 2.28. The lowest BCUT2D eigenvalue weighted by Gasteiger charge is -2.12. The minimum Gasteiger partial charge on any atom is -0.495 e. The maximum absolute atomic E-state index is 5.91. The van der Waals surface area contributed by atoms with Gasteiger partial charge in [-0.3, -0.25) is 0 Å². The van der Waals surface area contributed by atoms with Gasteiger partial charge in [0.1, 0.15) is 5.75 Å². The molecule has 0 saturated carbocycles. The van der Waals surface area contributed by atoms with E-state index in [-0.39, 0.29) is 0 Å². The fourth-order valence-electron chi connectivity index (χ4n) is 1.40. The molecule has 0 amide bonds. The minimum absolute atomic E-state index is 0.626. The normalized spacial score (nSPS) is 9.94. The average Bonchev–Trinajstić information content (AvgIpc) is 2.35. The summed E-state index contributed by atoms with van der Waals surface area (Å²) in [6.45, 7) is 5.70. The summed E-state index contributed by atoms with van der Waals surface area (Å²) >= 11 is 0. The number of benzene rings is 1. The second-order valence-corrected chi connectivity index (χ2v) is 3.54. The van der Waals surface area contributed by atoms with Crippen molar-refractivity contribution in [1.29, 1.82) is 0 Å². The molecule has 17 heavy (non-hydrogen) atoms. The highest BCUT2D eigenvalue weighted by Crippen LogP contribution is 2.28. The highest BCUT2D eigenvalue weighted by atomic mass is 16.5. The lowest BCUT2D eigenvalue weighted by Crippen LogP contribution is -2.11. The summed E-state index contributed by atoms with van der Waals surface area (Å²) in [5.41, 5.74) is 7.41. The zero-order valence-corrected chi connectivity index (χ0v) is 10.2. The van der Waals surface area contributed by atoms with Gasteiger partial charge in [-0.15, -0.1) is 6.58 Å². The third kappa shape index (κ3) is 4.36. The number of nitrogen functional groups attached to an aromatic ring is 1. The largest absolute Gasteiger partial charge is 0.495 e. The van der Waals surface area contributed by atoms with E-state index < -0.39 is 0 Å². The van der Waals surface area contributed by atoms with E-state index in [4.69, 9.17) is 15.2 Å². The molecule has 0 radical (unpaired) electrons. The van der Waals surface area contributed by atoms with Crippen molar-refractivity contribution in [2.45, 2.75) is 6.42 Å². The van der Waals surface area contributed by atoms with Crippen molar-refractivity contribution >= 4 is 11.4 Å². The number of para-hydroxylation sites is 1. The van der Waals surface area contributed by atoms with Crippen molar-refractivity contribution in [1.82, 2.24) is 0 Å². The second-order valence-electron chi connectivity index (χ2n) is 3.54. The van der Waals surface area contributed by atoms with E-state index in [1.807, 2.05) is 24.3 Å². The molecule has 0 aromatic heterocycles. The Kier molecular flexibility index (Phi) is 5.96. The van der Waals surface area contributed by atoms with Crippen LogP contribution in [0.3, 0.4) is 0 Å². The van der Waals surface area contributed by atoms with Crippen LogP contribution in [-0.2, 0) is 4.74 Å². The number of nitrogens with one attached hydrogen (secondary N) is 1. The number of ether oxygens (including phenoxy) is 2. The summed E-state index contributed by atoms with van der Waals surface area (Å²) < 4.78 is 10.5. The fourth-order valence-corrected chi connectivity index (χ4v) is 1.40. The van der Waals surface area contributed by atoms with Gasteiger partial charge < -0.3 is 20.5 Å². The van der Waals surface area contributed by atoms with Gasteiger partial charge in [-0.1, -0.05) is 12.1 Å². The summed E-state index contributed by atoms with van der Waals surface area (Å²) in [5.74, 6) is 0.683. The number of nitrogens with two attached hydrogens (primary N) is 1. The van der Waals surface area contributed by atoms with E-state index in [2.05, 4.69) is 11.9 Å². The standard InChI is InChI=1S/C13H20N2O2/c1-3-4-9-17-10-8-15-11-6-5-7-12(16-2)13(11)14/h3,5-7,15H,1,4,8-10,14H2,2H3. The maximum Gasteiger partial charge on any atom is 0.143 e. The molecule has 94 valence electrons. The van der Waals surface area contributed by atoms with Crippen LogP contribution in [-0.4, -0.2) is 26.9 Å². The van der Waals surface area contributed by atoms with Gasteiger partial charge in [0, 0.05) is 6.54 Å². The van der Waals surface area contributed by atoms with Crippen molar-refractivity contribution in [3.8, 4) is 5.75 Å². The zero-order valence-electron chi connectivity index (χ0n) is 10.2. The van der Waals surface area contributed by atoms with Crippen molar-refractivity contribution in [3.63, 3.8) is 0 Å². The zero-order chi connectivity index (χ0) is 12.5. The van der Waals surface area contributed by atoms with Crippen LogP contribution in [0, 0.1) is 0 Å². The average molecular weight is 236 g/mol. The van der Waals surface area contributed by atoms with E-state index in [0.717, 1.165) is 12.1 Å². The molecule has 0 fully saturated rings. The first-order chi connectivity index (χ1) is 8.29. The van der Waals surface area contributed by atoms with E-state index in [1.54, 1.807) is 7.11 Å². The Morgan fingerprint density at radius 3 is 2.94 bits per heavy atom. The van der Waals surface area contributed by atoms with Gasteiger partial charge in [0.2, 0.25) is 0 Å². The second kappa shape index (κ2) is 7.57. The van der Waals surface area contributed by atoms with Crippen LogP contribution < -0.4 is 15.8 Å². The summed E-state index contributed by atoms with van der Waals surface area (Å²) in [5, 5.41) is 3.21. The highest BCUT2D eigenvalue weighted by Gasteiger charge is 2.03. The first-order valence-electron chi connectivity index (χ1n) is 5.64. The molecule has 0 saturated heterocycles. The Morgan fingerprint density at radius 2 is 2.24 bits per heavy atom. The number of hydrogen-bond donors (Lipinski definition) is 2. The van der Waals surface area contributed by atoms with Crippen molar-refractivity contribution in [2.75, 3.05) is 37.9 Å². The van der Waals surface area contributed by atoms with Crippen LogP contribution in [0.15, 0.2) is 30.9 Å². The Balaban J connectivity index is 2.34. The van der Waals surface area contributed by atoms with Gasteiger partial charge >= 0.3 is 0 Å². The van der Waals surface area contributed by atoms with Crippen LogP contribution in [0.5, 0.6) is 5.75 Å². The van der Waals surface area contributed by atoms with Crippen LogP contribution >= 0.6 is 0 Å². The third-order valence-electron chi connectivity index (χ3n) is 2.31. The fraction of sp³-hybridized carbons (Fsp3) is 0.385. The predicted molar refractivity (Wildman–Crippen MR) is 71.5 cm³/mol. The molecule has 0 aliphatic carbocycles. The third-order valence-corrected chi connectivity index (χ3v) is 2.31. The van der Waals surface area contributed by atoms with Gasteiger partial charge in [0.25, 0.3) is 0 Å². The molecule has 1 aromatic rings. The lowest BCUT2D eigenvalue weighted by atomic mass is 10.2. The molecule has 0 aliphatic rings. The van der Waals surface area contributed by atoms with Crippen molar-refractivity contribution < 1.29 is 9.47 Å². The van der Waals surface area contributed by atoms with Gasteiger partial charge in [-0.2, -0.15) is 0 Å². The summed E-state index contributed by atoms with van der Waals surface area (Å²) in [6, 6.07) is 5.65. The SMILES string of the molecule is C=CCCOCCNc1cccc(OC)c1N. The summed E-state index contributed by atoms with van der Waals surface area (Å²) in [7, 11) is 1.61. The maximum atomic E-state index is 5.91. The molecular weight excluding hydrogens is 216 g/mol. The molecule has 3 N–H and O–H groups in total. The van der Waals surface area contributed by atoms with E-state index >= 15 is 0 Å². The lowest BCUT2D eigenvalue weighted by molar-refractivity contribution is 0.149. The quantitative estimate of drug-likeness (QED) is 0.413. The summed E-state index contributed by atoms with van der Waals surface area (Å²) in [6.07, 6.45) is 2.72. The molecule has 0 bridgehead atoms. The Morgan fingerprint density at radius 1 is 1.41 bits per heavy atom. The summed E-state index contributed by atoms with van der Waals surface area (Å²) in [4.78, 5) is 0. The molecule has 4 nitrogen and oxygen atoms in total. The van der Waals surface area contributed by atoms with E-state index in [0.29, 0.717) is 31.2 Å². The number of rotatable bonds is 8. The van der Waals surface area contributed by atoms with Crippen molar-refractivity contribution in [2.24, 2.45) is 0 Å². The van der Waals surface area contributed by atoms with Crippen LogP contribution in [0.25, 0.3) is 0 Å². The smallest absolute Gasteiger partial charge is 0.143 e. The number of anilines is 2. The van der Waals surface area contributed by atoms with Gasteiger partial charge in [0.05, 0.1) is 31.7 Å². The Bertz CT molecular complexity index is 353. The number of methoxy groups -OCH3 is 1. The molecule has 1 rings (SSSR count). The first kappa shape index (κ1) is 13.4. The molecular formula is C13H20N2O2. The Labute approximate surface area is 102 Å². The molecule has 4 heteroatoms. The molecule has 0 atom stereocenters. The first-order valence-corrected chi connectivity index (χ1v) is 5.64. The van der Waals surface area contributed by atoms with Gasteiger partial charge in [0.15, 0.2) is 0 Å². The van der Waals surface area contributed by atoms with Gasteiger partial charge in [-0.05, 0) is 18.6 Å². The highest BCUT2D eigenvalue weighted by molar-refractivity contribution is 5.72. The van der Waals surface area contributed by atoms with Crippen molar-refractivity contribution in [3.05, 3.63) is 30.9 Å². The topological polar surface area (TPSA) is 56.5 Å². The molecule has 0 spiro atoms. The van der Waals surface area contributed by atoms with E-state index in [1.165, 1.54) is 0 Å². The van der Waals surface area contributed by atoms with Crippen LogP contribution in [0.2, 0.25) is 0 Å². The Hall–Kier alpha value is -1.68. The molecule has 0 unspecified atom stereocenters. The van der Waals surface area contributed by atoms with E-state index in [9.17, 15) is 0 Å². The minimum atomic E-state index is 0.626. The monoisotopic (exact) mass is 236 g/mol. The van der Waals surface area contributed by atoms with Gasteiger partial charge in [-0.25, -0.2) is 0 Å². The van der Waals surface area contributed by atoms with Crippen LogP contribution in [0.1, 0.15) is 6.42 Å². The molecule has 1 aromatic carbocycles.